The number of rotatable bonds is 9. The summed E-state index contributed by atoms with van der Waals surface area (Å²) in [6, 6.07) is 7.42. The Morgan fingerprint density at radius 2 is 2.00 bits per heavy atom. The molecule has 3 aromatic rings. The summed E-state index contributed by atoms with van der Waals surface area (Å²) in [5, 5.41) is 9.23. The molecule has 0 bridgehead atoms. The van der Waals surface area contributed by atoms with Gasteiger partial charge in [-0.05, 0) is 49.9 Å². The maximum Gasteiger partial charge on any atom is 0.330 e. The first-order valence-corrected chi connectivity index (χ1v) is 12.4. The number of nitrogen functional groups attached to an aromatic ring is 1. The molecule has 3 heterocycles. The number of hydrogen-bond donors (Lipinski definition) is 2. The Hall–Kier alpha value is -3.38. The number of carbonyl (C=O) groups is 1. The number of benzene rings is 1. The van der Waals surface area contributed by atoms with E-state index in [1.165, 1.54) is 16.3 Å². The van der Waals surface area contributed by atoms with Crippen LogP contribution in [-0.4, -0.2) is 55.7 Å². The molecular weight excluding hydrogens is 472 g/mol. The lowest BCUT2D eigenvalue weighted by atomic mass is 10.2. The lowest BCUT2D eigenvalue weighted by Gasteiger charge is -2.15. The van der Waals surface area contributed by atoms with Crippen LogP contribution >= 0.6 is 11.8 Å². The summed E-state index contributed by atoms with van der Waals surface area (Å²) in [4.78, 5) is 39.8. The Kier molecular flexibility index (Phi) is 6.48. The van der Waals surface area contributed by atoms with Crippen molar-refractivity contribution >= 4 is 23.4 Å². The van der Waals surface area contributed by atoms with E-state index in [9.17, 15) is 14.4 Å². The minimum Gasteiger partial charge on any atom is -0.497 e. The summed E-state index contributed by atoms with van der Waals surface area (Å²) in [5.74, 6) is 0.752. The van der Waals surface area contributed by atoms with E-state index in [-0.39, 0.29) is 29.3 Å². The summed E-state index contributed by atoms with van der Waals surface area (Å²) in [6.07, 6.45) is 3.53. The molecule has 5 rings (SSSR count). The molecule has 1 atom stereocenters. The number of thioether (sulfide) groups is 1. The number of ether oxygens (including phenoxy) is 2. The minimum absolute atomic E-state index is 0.0265. The van der Waals surface area contributed by atoms with Gasteiger partial charge in [0.1, 0.15) is 17.1 Å². The zero-order valence-corrected chi connectivity index (χ0v) is 20.0. The average Bonchev–Trinajstić information content (AvgIpc) is 3.38. The van der Waals surface area contributed by atoms with E-state index in [4.69, 9.17) is 15.2 Å². The van der Waals surface area contributed by atoms with E-state index in [0.29, 0.717) is 24.1 Å². The second kappa shape index (κ2) is 9.70. The number of methoxy groups -OCH3 is 1. The monoisotopic (exact) mass is 498 g/mol. The lowest BCUT2D eigenvalue weighted by molar-refractivity contribution is 0.0953. The molecule has 11 nitrogen and oxygen atoms in total. The minimum atomic E-state index is -0.769. The van der Waals surface area contributed by atoms with Gasteiger partial charge in [-0.15, -0.1) is 10.2 Å². The maximum atomic E-state index is 13.0. The third-order valence-corrected chi connectivity index (χ3v) is 7.15. The number of anilines is 1. The molecule has 2 aliphatic rings. The number of hydrogen-bond acceptors (Lipinski definition) is 9. The molecular formula is C23H26N6O5S. The Balaban J connectivity index is 1.41. The van der Waals surface area contributed by atoms with Gasteiger partial charge in [0.15, 0.2) is 16.8 Å². The molecule has 0 spiro atoms. The quantitative estimate of drug-likeness (QED) is 0.333. The molecule has 1 aliphatic carbocycles. The number of aromatic amines is 1. The van der Waals surface area contributed by atoms with Gasteiger partial charge >= 0.3 is 5.69 Å². The van der Waals surface area contributed by atoms with Crippen molar-refractivity contribution in [3.8, 4) is 17.1 Å². The molecule has 1 aliphatic heterocycles. The number of aromatic nitrogens is 5. The third kappa shape index (κ3) is 4.76. The van der Waals surface area contributed by atoms with Gasteiger partial charge in [0.2, 0.25) is 0 Å². The number of carbonyl (C=O) groups excluding carboxylic acids is 1. The number of nitrogens with two attached hydrogens (primary N) is 1. The van der Waals surface area contributed by atoms with E-state index in [1.807, 2.05) is 28.8 Å². The van der Waals surface area contributed by atoms with Crippen LogP contribution in [-0.2, 0) is 11.3 Å². The van der Waals surface area contributed by atoms with Crippen molar-refractivity contribution in [2.75, 3.05) is 25.2 Å². The molecule has 2 aromatic heterocycles. The highest BCUT2D eigenvalue weighted by molar-refractivity contribution is 7.99. The van der Waals surface area contributed by atoms with E-state index < -0.39 is 17.0 Å². The highest BCUT2D eigenvalue weighted by atomic mass is 32.2. The first-order chi connectivity index (χ1) is 17.0. The number of Topliss-reactive ketones (excluding diaryl/α,β-unsaturated/α-hetero) is 1. The van der Waals surface area contributed by atoms with E-state index in [2.05, 4.69) is 15.2 Å². The van der Waals surface area contributed by atoms with Crippen molar-refractivity contribution in [1.29, 1.82) is 0 Å². The fourth-order valence-electron chi connectivity index (χ4n) is 4.24. The van der Waals surface area contributed by atoms with Gasteiger partial charge in [0.05, 0.1) is 25.5 Å². The Morgan fingerprint density at radius 1 is 1.23 bits per heavy atom. The smallest absolute Gasteiger partial charge is 0.330 e. The predicted molar refractivity (Wildman–Crippen MR) is 130 cm³/mol. The second-order valence-corrected chi connectivity index (χ2v) is 9.56. The summed E-state index contributed by atoms with van der Waals surface area (Å²) >= 11 is 1.17. The van der Waals surface area contributed by atoms with Crippen LogP contribution in [0.4, 0.5) is 5.82 Å². The van der Waals surface area contributed by atoms with Gasteiger partial charge in [0.25, 0.3) is 5.56 Å². The zero-order chi connectivity index (χ0) is 24.5. The van der Waals surface area contributed by atoms with E-state index in [1.54, 1.807) is 7.11 Å². The molecule has 3 N–H and O–H groups in total. The van der Waals surface area contributed by atoms with Crippen molar-refractivity contribution in [2.45, 2.75) is 49.5 Å². The molecule has 1 saturated carbocycles. The van der Waals surface area contributed by atoms with Crippen LogP contribution < -0.4 is 21.7 Å². The molecule has 35 heavy (non-hydrogen) atoms. The molecule has 2 fully saturated rings. The average molecular weight is 499 g/mol. The van der Waals surface area contributed by atoms with E-state index >= 15 is 0 Å². The van der Waals surface area contributed by atoms with Crippen LogP contribution in [0.3, 0.4) is 0 Å². The molecule has 0 radical (unpaired) electrons. The van der Waals surface area contributed by atoms with Gasteiger partial charge in [-0.1, -0.05) is 11.8 Å². The normalized spacial score (nSPS) is 17.6. The van der Waals surface area contributed by atoms with Crippen LogP contribution in [0.5, 0.6) is 5.75 Å². The molecule has 184 valence electrons. The van der Waals surface area contributed by atoms with Crippen LogP contribution in [0.25, 0.3) is 11.4 Å². The van der Waals surface area contributed by atoms with Crippen LogP contribution in [0.1, 0.15) is 42.1 Å². The van der Waals surface area contributed by atoms with Gasteiger partial charge in [-0.2, -0.15) is 0 Å². The van der Waals surface area contributed by atoms with Crippen molar-refractivity contribution in [2.24, 2.45) is 0 Å². The number of nitrogens with zero attached hydrogens (tertiary/aromatic N) is 4. The van der Waals surface area contributed by atoms with Gasteiger partial charge < -0.3 is 15.2 Å². The Morgan fingerprint density at radius 3 is 2.66 bits per heavy atom. The van der Waals surface area contributed by atoms with Crippen molar-refractivity contribution in [3.05, 3.63) is 50.7 Å². The highest BCUT2D eigenvalue weighted by Gasteiger charge is 2.30. The number of H-pyrrole nitrogens is 1. The van der Waals surface area contributed by atoms with E-state index in [0.717, 1.165) is 37.0 Å². The van der Waals surface area contributed by atoms with Crippen molar-refractivity contribution in [3.63, 3.8) is 0 Å². The third-order valence-electron chi connectivity index (χ3n) is 6.18. The van der Waals surface area contributed by atoms with Gasteiger partial charge in [0, 0.05) is 18.2 Å². The first-order valence-electron chi connectivity index (χ1n) is 11.5. The van der Waals surface area contributed by atoms with Crippen LogP contribution in [0, 0.1) is 0 Å². The predicted octanol–water partition coefficient (Wildman–Crippen LogP) is 1.87. The van der Waals surface area contributed by atoms with Crippen LogP contribution in [0.15, 0.2) is 39.0 Å². The lowest BCUT2D eigenvalue weighted by Crippen LogP contribution is -2.36. The SMILES string of the molecule is COc1ccc(-c2nnc(SCC(=O)c3c(N)n(C4CC4)c(=O)[nH]c3=O)n2C[C@H]2CCCO2)cc1. The largest absolute Gasteiger partial charge is 0.497 e. The Bertz CT molecular complexity index is 1350. The van der Waals surface area contributed by atoms with Crippen LogP contribution in [0.2, 0.25) is 0 Å². The summed E-state index contributed by atoms with van der Waals surface area (Å²) < 4.78 is 14.3. The molecule has 1 aromatic carbocycles. The molecule has 1 saturated heterocycles. The standard InChI is InChI=1S/C23H26N6O5S/c1-33-15-8-4-13(5-9-15)20-26-27-23(28(20)11-16-3-2-10-34-16)35-12-17(30)18-19(24)29(14-6-7-14)22(32)25-21(18)31/h4-5,8-9,14,16H,2-3,6-7,10-12,24H2,1H3,(H,25,31,32)/t16-/m1/s1. The second-order valence-electron chi connectivity index (χ2n) is 8.61. The number of ketones is 1. The summed E-state index contributed by atoms with van der Waals surface area (Å²) in [7, 11) is 1.61. The topological polar surface area (TPSA) is 147 Å². The molecule has 0 unspecified atom stereocenters. The van der Waals surface area contributed by atoms with Crippen molar-refractivity contribution in [1.82, 2.24) is 24.3 Å². The summed E-state index contributed by atoms with van der Waals surface area (Å²) in [6.45, 7) is 1.25. The molecule has 0 amide bonds. The summed E-state index contributed by atoms with van der Waals surface area (Å²) in [5.41, 5.74) is 5.40. The van der Waals surface area contributed by atoms with Crippen molar-refractivity contribution < 1.29 is 14.3 Å². The fraction of sp³-hybridized carbons (Fsp3) is 0.435. The molecule has 12 heteroatoms. The highest BCUT2D eigenvalue weighted by Crippen LogP contribution is 2.35. The fourth-order valence-corrected chi connectivity index (χ4v) is 5.06. The van der Waals surface area contributed by atoms with Gasteiger partial charge in [-0.3, -0.25) is 23.7 Å². The zero-order valence-electron chi connectivity index (χ0n) is 19.2. The first kappa shape index (κ1) is 23.4. The maximum absolute atomic E-state index is 13.0. The number of nitrogens with one attached hydrogen (secondary N) is 1. The Labute approximate surface area is 204 Å². The van der Waals surface area contributed by atoms with Gasteiger partial charge in [-0.25, -0.2) is 4.79 Å².